The highest BCUT2D eigenvalue weighted by Gasteiger charge is 2.52. The van der Waals surface area contributed by atoms with Crippen molar-refractivity contribution in [3.8, 4) is 11.5 Å². The van der Waals surface area contributed by atoms with Crippen LogP contribution in [0.3, 0.4) is 0 Å². The highest BCUT2D eigenvalue weighted by molar-refractivity contribution is 6.62. The third kappa shape index (κ3) is 3.82. The van der Waals surface area contributed by atoms with E-state index < -0.39 is 24.1 Å². The fraction of sp³-hybridized carbons (Fsp3) is 0.368. The highest BCUT2D eigenvalue weighted by Crippen LogP contribution is 2.36. The standard InChI is InChI=1S/C19H22BFN2O4/c1-18(2)19(3,4)27-20(26-18)14-7-6-12(10-15(14)21)25-13-8-9-23-16(11-13)17(24)22-5/h6-11H,1-5H3,(H,22,24). The van der Waals surface area contributed by atoms with Crippen LogP contribution in [0.5, 0.6) is 11.5 Å². The number of aromatic nitrogens is 1. The number of carbonyl (C=O) groups is 1. The maximum atomic E-state index is 14.7. The minimum absolute atomic E-state index is 0.212. The second-order valence-corrected chi connectivity index (χ2v) is 7.33. The molecule has 1 aliphatic heterocycles. The maximum Gasteiger partial charge on any atom is 0.497 e. The van der Waals surface area contributed by atoms with E-state index in [9.17, 15) is 9.18 Å². The van der Waals surface area contributed by atoms with Gasteiger partial charge in [-0.3, -0.25) is 9.78 Å². The van der Waals surface area contributed by atoms with Crippen LogP contribution in [0.2, 0.25) is 0 Å². The molecule has 0 unspecified atom stereocenters. The first-order valence-corrected chi connectivity index (χ1v) is 8.64. The number of nitrogens with zero attached hydrogens (tertiary/aromatic N) is 1. The van der Waals surface area contributed by atoms with Crippen molar-refractivity contribution >= 4 is 18.5 Å². The number of benzene rings is 1. The minimum Gasteiger partial charge on any atom is -0.457 e. The van der Waals surface area contributed by atoms with Gasteiger partial charge in [0.15, 0.2) is 0 Å². The second kappa shape index (κ2) is 6.94. The molecule has 2 aromatic rings. The molecule has 2 heterocycles. The first-order valence-electron chi connectivity index (χ1n) is 8.64. The average Bonchev–Trinajstić information content (AvgIpc) is 2.82. The Labute approximate surface area is 158 Å². The van der Waals surface area contributed by atoms with Crippen LogP contribution in [0.4, 0.5) is 4.39 Å². The summed E-state index contributed by atoms with van der Waals surface area (Å²) >= 11 is 0. The van der Waals surface area contributed by atoms with Crippen LogP contribution in [-0.2, 0) is 9.31 Å². The minimum atomic E-state index is -0.787. The van der Waals surface area contributed by atoms with E-state index in [-0.39, 0.29) is 11.6 Å². The molecule has 27 heavy (non-hydrogen) atoms. The number of hydrogen-bond donors (Lipinski definition) is 1. The van der Waals surface area contributed by atoms with Crippen LogP contribution < -0.4 is 15.5 Å². The molecule has 1 saturated heterocycles. The van der Waals surface area contributed by atoms with Crippen LogP contribution in [-0.4, -0.2) is 36.3 Å². The van der Waals surface area contributed by atoms with Gasteiger partial charge >= 0.3 is 7.12 Å². The summed E-state index contributed by atoms with van der Waals surface area (Å²) in [5, 5.41) is 2.49. The van der Waals surface area contributed by atoms with E-state index in [1.807, 2.05) is 27.7 Å². The zero-order valence-electron chi connectivity index (χ0n) is 16.0. The molecule has 0 saturated carbocycles. The largest absolute Gasteiger partial charge is 0.497 e. The molecular weight excluding hydrogens is 350 g/mol. The molecule has 1 amide bonds. The van der Waals surface area contributed by atoms with Crippen molar-refractivity contribution in [3.05, 3.63) is 48.0 Å². The normalized spacial score (nSPS) is 17.6. The summed E-state index contributed by atoms with van der Waals surface area (Å²) in [6, 6.07) is 7.54. The Morgan fingerprint density at radius 3 is 2.33 bits per heavy atom. The van der Waals surface area contributed by atoms with Gasteiger partial charge in [0.1, 0.15) is 23.0 Å². The summed E-state index contributed by atoms with van der Waals surface area (Å²) in [6.45, 7) is 7.65. The number of halogens is 1. The lowest BCUT2D eigenvalue weighted by atomic mass is 9.78. The zero-order valence-corrected chi connectivity index (χ0v) is 16.0. The molecule has 0 atom stereocenters. The van der Waals surface area contributed by atoms with Crippen molar-refractivity contribution in [2.75, 3.05) is 7.05 Å². The van der Waals surface area contributed by atoms with Gasteiger partial charge in [-0.05, 0) is 39.8 Å². The first kappa shape index (κ1) is 19.3. The van der Waals surface area contributed by atoms with Gasteiger partial charge in [-0.15, -0.1) is 0 Å². The Kier molecular flexibility index (Phi) is 4.97. The van der Waals surface area contributed by atoms with E-state index in [0.717, 1.165) is 0 Å². The number of carbonyl (C=O) groups excluding carboxylic acids is 1. The molecule has 1 aromatic carbocycles. The molecule has 1 N–H and O–H groups in total. The summed E-state index contributed by atoms with van der Waals surface area (Å²) in [6.07, 6.45) is 1.45. The van der Waals surface area contributed by atoms with E-state index in [0.29, 0.717) is 17.0 Å². The monoisotopic (exact) mass is 372 g/mol. The van der Waals surface area contributed by atoms with E-state index in [1.165, 1.54) is 25.4 Å². The predicted octanol–water partition coefficient (Wildman–Crippen LogP) is 2.67. The Balaban J connectivity index is 1.79. The van der Waals surface area contributed by atoms with Crippen LogP contribution in [0.1, 0.15) is 38.2 Å². The molecule has 0 radical (unpaired) electrons. The van der Waals surface area contributed by atoms with Gasteiger partial charge in [-0.1, -0.05) is 6.07 Å². The molecule has 1 aliphatic rings. The number of amides is 1. The molecule has 0 bridgehead atoms. The maximum absolute atomic E-state index is 14.7. The van der Waals surface area contributed by atoms with Crippen molar-refractivity contribution in [1.82, 2.24) is 10.3 Å². The SMILES string of the molecule is CNC(=O)c1cc(Oc2ccc(B3OC(C)(C)C(C)(C)O3)c(F)c2)ccn1. The van der Waals surface area contributed by atoms with Gasteiger partial charge in [0.25, 0.3) is 5.91 Å². The Morgan fingerprint density at radius 2 is 1.74 bits per heavy atom. The fourth-order valence-electron chi connectivity index (χ4n) is 2.60. The summed E-state index contributed by atoms with van der Waals surface area (Å²) in [4.78, 5) is 15.6. The van der Waals surface area contributed by atoms with Crippen LogP contribution >= 0.6 is 0 Å². The van der Waals surface area contributed by atoms with Gasteiger partial charge in [-0.2, -0.15) is 0 Å². The first-order chi connectivity index (χ1) is 12.6. The summed E-state index contributed by atoms with van der Waals surface area (Å²) in [5.74, 6) is -0.150. The summed E-state index contributed by atoms with van der Waals surface area (Å²) in [7, 11) is 0.728. The number of ether oxygens (including phenoxy) is 1. The molecule has 8 heteroatoms. The summed E-state index contributed by atoms with van der Waals surface area (Å²) < 4.78 is 32.1. The Bertz CT molecular complexity index is 857. The van der Waals surface area contributed by atoms with E-state index in [4.69, 9.17) is 14.0 Å². The molecule has 1 fully saturated rings. The van der Waals surface area contributed by atoms with Gasteiger partial charge in [-0.25, -0.2) is 4.39 Å². The number of pyridine rings is 1. The second-order valence-electron chi connectivity index (χ2n) is 7.33. The predicted molar refractivity (Wildman–Crippen MR) is 99.8 cm³/mol. The smallest absolute Gasteiger partial charge is 0.457 e. The highest BCUT2D eigenvalue weighted by atomic mass is 19.1. The molecule has 0 spiro atoms. The Morgan fingerprint density at radius 1 is 1.11 bits per heavy atom. The molecular formula is C19H22BFN2O4. The van der Waals surface area contributed by atoms with E-state index in [2.05, 4.69) is 10.3 Å². The molecule has 3 rings (SSSR count). The van der Waals surface area contributed by atoms with Crippen molar-refractivity contribution in [2.45, 2.75) is 38.9 Å². The topological polar surface area (TPSA) is 69.7 Å². The van der Waals surface area contributed by atoms with E-state index >= 15 is 0 Å². The number of hydrogen-bond acceptors (Lipinski definition) is 5. The third-order valence-electron chi connectivity index (χ3n) is 4.91. The lowest BCUT2D eigenvalue weighted by molar-refractivity contribution is 0.00578. The third-order valence-corrected chi connectivity index (χ3v) is 4.91. The molecule has 142 valence electrons. The quantitative estimate of drug-likeness (QED) is 0.836. The van der Waals surface area contributed by atoms with Crippen molar-refractivity contribution in [1.29, 1.82) is 0 Å². The van der Waals surface area contributed by atoms with Crippen LogP contribution in [0, 0.1) is 5.82 Å². The van der Waals surface area contributed by atoms with Crippen molar-refractivity contribution < 1.29 is 23.2 Å². The zero-order chi connectivity index (χ0) is 19.8. The lowest BCUT2D eigenvalue weighted by Crippen LogP contribution is -2.41. The number of rotatable bonds is 4. The van der Waals surface area contributed by atoms with Crippen LogP contribution in [0.15, 0.2) is 36.5 Å². The van der Waals surface area contributed by atoms with Gasteiger partial charge < -0.3 is 19.4 Å². The van der Waals surface area contributed by atoms with Crippen molar-refractivity contribution in [3.63, 3.8) is 0 Å². The van der Waals surface area contributed by atoms with Crippen LogP contribution in [0.25, 0.3) is 0 Å². The lowest BCUT2D eigenvalue weighted by Gasteiger charge is -2.32. The number of nitrogens with one attached hydrogen (secondary N) is 1. The fourth-order valence-corrected chi connectivity index (χ4v) is 2.60. The average molecular weight is 372 g/mol. The van der Waals surface area contributed by atoms with Gasteiger partial charge in [0.2, 0.25) is 0 Å². The van der Waals surface area contributed by atoms with E-state index in [1.54, 1.807) is 18.2 Å². The molecule has 6 nitrogen and oxygen atoms in total. The van der Waals surface area contributed by atoms with Gasteiger partial charge in [0, 0.05) is 30.8 Å². The Hall–Kier alpha value is -2.45. The molecule has 1 aromatic heterocycles. The van der Waals surface area contributed by atoms with Crippen molar-refractivity contribution in [2.24, 2.45) is 0 Å². The molecule has 0 aliphatic carbocycles. The van der Waals surface area contributed by atoms with Gasteiger partial charge in [0.05, 0.1) is 11.2 Å². The summed E-state index contributed by atoms with van der Waals surface area (Å²) in [5.41, 5.74) is -0.579.